The van der Waals surface area contributed by atoms with Crippen molar-refractivity contribution in [2.75, 3.05) is 43.1 Å². The van der Waals surface area contributed by atoms with Gasteiger partial charge in [0.15, 0.2) is 0 Å². The van der Waals surface area contributed by atoms with Crippen molar-refractivity contribution in [3.05, 3.63) is 54.1 Å². The summed E-state index contributed by atoms with van der Waals surface area (Å²) in [5.74, 6) is 1.23. The molecule has 0 radical (unpaired) electrons. The molecule has 0 bridgehead atoms. The van der Waals surface area contributed by atoms with E-state index in [1.165, 1.54) is 12.1 Å². The smallest absolute Gasteiger partial charge is 0.257 e. The van der Waals surface area contributed by atoms with Gasteiger partial charge in [0.05, 0.1) is 18.8 Å². The molecule has 2 aliphatic heterocycles. The Bertz CT molecular complexity index is 974. The molecule has 2 aromatic heterocycles. The Morgan fingerprint density at radius 3 is 2.69 bits per heavy atom. The molecule has 5 rings (SSSR count). The number of benzene rings is 1. The molecular formula is C19H21FN8O. The molecule has 29 heavy (non-hydrogen) atoms. The lowest BCUT2D eigenvalue weighted by atomic mass is 9.95. The van der Waals surface area contributed by atoms with Gasteiger partial charge in [-0.05, 0) is 23.8 Å². The Balaban J connectivity index is 1.42. The van der Waals surface area contributed by atoms with E-state index in [0.29, 0.717) is 37.6 Å². The number of hydrogen-bond acceptors (Lipinski definition) is 8. The Morgan fingerprint density at radius 2 is 1.97 bits per heavy atom. The molecule has 150 valence electrons. The predicted molar refractivity (Wildman–Crippen MR) is 104 cm³/mol. The molecule has 4 heterocycles. The van der Waals surface area contributed by atoms with Crippen LogP contribution < -0.4 is 15.5 Å². The Hall–Kier alpha value is -3.11. The van der Waals surface area contributed by atoms with Gasteiger partial charge in [0.2, 0.25) is 11.9 Å². The highest BCUT2D eigenvalue weighted by Gasteiger charge is 2.42. The summed E-state index contributed by atoms with van der Waals surface area (Å²) >= 11 is 0. The number of rotatable bonds is 5. The number of piperazine rings is 1. The van der Waals surface area contributed by atoms with Crippen LogP contribution in [0.1, 0.15) is 5.56 Å². The van der Waals surface area contributed by atoms with Crippen molar-refractivity contribution in [3.8, 4) is 5.95 Å². The monoisotopic (exact) mass is 396 g/mol. The van der Waals surface area contributed by atoms with Crippen LogP contribution in [-0.2, 0) is 11.3 Å². The zero-order chi connectivity index (χ0) is 19.7. The molecule has 0 amide bonds. The van der Waals surface area contributed by atoms with Gasteiger partial charge in [-0.2, -0.15) is 20.1 Å². The molecular weight excluding hydrogens is 375 g/mol. The molecule has 2 N–H and O–H groups in total. The molecule has 1 aromatic carbocycles. The van der Waals surface area contributed by atoms with Gasteiger partial charge in [-0.3, -0.25) is 0 Å². The minimum absolute atomic E-state index is 0.0293. The highest BCUT2D eigenvalue weighted by atomic mass is 19.1. The lowest BCUT2D eigenvalue weighted by molar-refractivity contribution is -0.0744. The molecule has 0 unspecified atom stereocenters. The Kier molecular flexibility index (Phi) is 4.57. The highest BCUT2D eigenvalue weighted by Crippen LogP contribution is 2.24. The van der Waals surface area contributed by atoms with E-state index in [1.807, 2.05) is 6.07 Å². The largest absolute Gasteiger partial charge is 0.377 e. The Morgan fingerprint density at radius 1 is 1.14 bits per heavy atom. The molecule has 0 saturated carbocycles. The van der Waals surface area contributed by atoms with E-state index in [-0.39, 0.29) is 11.4 Å². The molecule has 2 aliphatic rings. The molecule has 10 heteroatoms. The molecule has 3 aromatic rings. The molecule has 9 nitrogen and oxygen atoms in total. The third-order valence-electron chi connectivity index (χ3n) is 5.10. The van der Waals surface area contributed by atoms with E-state index in [2.05, 4.69) is 35.6 Å². The fourth-order valence-electron chi connectivity index (χ4n) is 3.52. The molecule has 0 atom stereocenters. The minimum Gasteiger partial charge on any atom is -0.377 e. The van der Waals surface area contributed by atoms with Gasteiger partial charge in [-0.15, -0.1) is 0 Å². The van der Waals surface area contributed by atoms with Crippen LogP contribution in [0.5, 0.6) is 0 Å². The number of nitrogens with one attached hydrogen (secondary N) is 2. The van der Waals surface area contributed by atoms with E-state index >= 15 is 0 Å². The van der Waals surface area contributed by atoms with Gasteiger partial charge < -0.3 is 20.3 Å². The first-order chi connectivity index (χ1) is 14.2. The number of anilines is 2. The second-order valence-electron chi connectivity index (χ2n) is 7.31. The summed E-state index contributed by atoms with van der Waals surface area (Å²) in [6.45, 7) is 4.26. The average Bonchev–Trinajstić information content (AvgIpc) is 3.27. The van der Waals surface area contributed by atoms with Crippen LogP contribution in [0.3, 0.4) is 0 Å². The zero-order valence-corrected chi connectivity index (χ0v) is 15.8. The maximum atomic E-state index is 13.1. The quantitative estimate of drug-likeness (QED) is 0.660. The van der Waals surface area contributed by atoms with Gasteiger partial charge in [0.25, 0.3) is 5.95 Å². The zero-order valence-electron chi connectivity index (χ0n) is 15.8. The summed E-state index contributed by atoms with van der Waals surface area (Å²) < 4.78 is 20.1. The highest BCUT2D eigenvalue weighted by molar-refractivity contribution is 5.42. The van der Waals surface area contributed by atoms with Gasteiger partial charge in [0.1, 0.15) is 5.82 Å². The molecule has 2 fully saturated rings. The van der Waals surface area contributed by atoms with Crippen LogP contribution in [0, 0.1) is 5.82 Å². The van der Waals surface area contributed by atoms with Crippen LogP contribution in [0.25, 0.3) is 5.95 Å². The van der Waals surface area contributed by atoms with Crippen molar-refractivity contribution in [3.63, 3.8) is 0 Å². The second-order valence-corrected chi connectivity index (χ2v) is 7.31. The lowest BCUT2D eigenvalue weighted by Gasteiger charge is -2.48. The van der Waals surface area contributed by atoms with E-state index in [0.717, 1.165) is 25.2 Å². The lowest BCUT2D eigenvalue weighted by Crippen LogP contribution is -2.70. The summed E-state index contributed by atoms with van der Waals surface area (Å²) in [7, 11) is 0. The predicted octanol–water partition coefficient (Wildman–Crippen LogP) is 0.987. The van der Waals surface area contributed by atoms with Crippen molar-refractivity contribution in [1.82, 2.24) is 30.0 Å². The van der Waals surface area contributed by atoms with Crippen LogP contribution in [0.4, 0.5) is 16.3 Å². The van der Waals surface area contributed by atoms with Crippen LogP contribution in [0.2, 0.25) is 0 Å². The van der Waals surface area contributed by atoms with Crippen LogP contribution in [-0.4, -0.2) is 63.1 Å². The maximum absolute atomic E-state index is 13.1. The summed E-state index contributed by atoms with van der Waals surface area (Å²) in [6.07, 6.45) is 3.47. The third kappa shape index (κ3) is 3.76. The minimum atomic E-state index is -0.259. The maximum Gasteiger partial charge on any atom is 0.257 e. The standard InChI is InChI=1S/C19H21FN8O/c20-15-4-2-14(3-5-15)10-21-16-24-17(26-18(25-16)28-8-1-6-23-28)27-9-7-22-19(11-27)12-29-13-19/h1-6,8,22H,7,9-13H2,(H,21,24,25,26). The Labute approximate surface area is 166 Å². The van der Waals surface area contributed by atoms with Crippen molar-refractivity contribution in [1.29, 1.82) is 0 Å². The van der Waals surface area contributed by atoms with Crippen molar-refractivity contribution < 1.29 is 9.13 Å². The van der Waals surface area contributed by atoms with E-state index in [4.69, 9.17) is 4.74 Å². The van der Waals surface area contributed by atoms with Gasteiger partial charge >= 0.3 is 0 Å². The van der Waals surface area contributed by atoms with Gasteiger partial charge in [-0.25, -0.2) is 9.07 Å². The number of halogens is 1. The van der Waals surface area contributed by atoms with Crippen molar-refractivity contribution in [2.24, 2.45) is 0 Å². The normalized spacial score (nSPS) is 17.9. The van der Waals surface area contributed by atoms with E-state index in [1.54, 1.807) is 29.2 Å². The van der Waals surface area contributed by atoms with Crippen LogP contribution >= 0.6 is 0 Å². The first-order valence-electron chi connectivity index (χ1n) is 9.51. The van der Waals surface area contributed by atoms with E-state index in [9.17, 15) is 4.39 Å². The fourth-order valence-corrected chi connectivity index (χ4v) is 3.52. The van der Waals surface area contributed by atoms with Crippen molar-refractivity contribution in [2.45, 2.75) is 12.1 Å². The van der Waals surface area contributed by atoms with Crippen molar-refractivity contribution >= 4 is 11.9 Å². The molecule has 2 saturated heterocycles. The first-order valence-corrected chi connectivity index (χ1v) is 9.51. The SMILES string of the molecule is Fc1ccc(CNc2nc(N3CCNC4(COC4)C3)nc(-n3cccn3)n2)cc1. The average molecular weight is 396 g/mol. The summed E-state index contributed by atoms with van der Waals surface area (Å²) in [6, 6.07) is 8.16. The van der Waals surface area contributed by atoms with Gasteiger partial charge in [-0.1, -0.05) is 12.1 Å². The van der Waals surface area contributed by atoms with Crippen LogP contribution in [0.15, 0.2) is 42.7 Å². The second kappa shape index (κ2) is 7.37. The fraction of sp³-hybridized carbons (Fsp3) is 0.368. The molecule has 0 aliphatic carbocycles. The van der Waals surface area contributed by atoms with E-state index < -0.39 is 0 Å². The summed E-state index contributed by atoms with van der Waals surface area (Å²) in [5, 5.41) is 11.0. The topological polar surface area (TPSA) is 93.0 Å². The molecule has 1 spiro atoms. The summed E-state index contributed by atoms with van der Waals surface area (Å²) in [5.41, 5.74) is 0.903. The number of nitrogens with zero attached hydrogens (tertiary/aromatic N) is 6. The first kappa shape index (κ1) is 18.0. The number of hydrogen-bond donors (Lipinski definition) is 2. The summed E-state index contributed by atoms with van der Waals surface area (Å²) in [4.78, 5) is 15.9. The number of aromatic nitrogens is 5. The third-order valence-corrected chi connectivity index (χ3v) is 5.10. The number of ether oxygens (including phenoxy) is 1. The van der Waals surface area contributed by atoms with Gasteiger partial charge in [0, 0.05) is 38.6 Å².